The van der Waals surface area contributed by atoms with Gasteiger partial charge in [0.2, 0.25) is 0 Å². The van der Waals surface area contributed by atoms with Crippen LogP contribution in [0.25, 0.3) is 5.69 Å². The van der Waals surface area contributed by atoms with Crippen LogP contribution in [0.3, 0.4) is 0 Å². The zero-order valence-electron chi connectivity index (χ0n) is 15.4. The largest absolute Gasteiger partial charge is 0.373 e. The molecule has 0 aliphatic carbocycles. The number of nitrogens with one attached hydrogen (secondary N) is 1. The molecular formula is C20H30N4O. The second-order valence-electron chi connectivity index (χ2n) is 7.03. The minimum atomic E-state index is 0.364. The van der Waals surface area contributed by atoms with Gasteiger partial charge in [-0.15, -0.1) is 0 Å². The van der Waals surface area contributed by atoms with Crippen molar-refractivity contribution >= 4 is 0 Å². The maximum atomic E-state index is 5.78. The molecule has 1 aromatic carbocycles. The van der Waals surface area contributed by atoms with E-state index in [1.165, 1.54) is 24.9 Å². The fourth-order valence-electron chi connectivity index (χ4n) is 3.46. The van der Waals surface area contributed by atoms with Crippen LogP contribution in [0.5, 0.6) is 0 Å². The van der Waals surface area contributed by atoms with Crippen LogP contribution >= 0.6 is 0 Å². The van der Waals surface area contributed by atoms with Gasteiger partial charge in [0.15, 0.2) is 0 Å². The zero-order chi connectivity index (χ0) is 17.5. The lowest BCUT2D eigenvalue weighted by molar-refractivity contribution is -0.0681. The van der Waals surface area contributed by atoms with Gasteiger partial charge < -0.3 is 10.1 Å². The van der Waals surface area contributed by atoms with Gasteiger partial charge >= 0.3 is 0 Å². The Kier molecular flexibility index (Phi) is 6.62. The van der Waals surface area contributed by atoms with Crippen molar-refractivity contribution in [3.05, 3.63) is 48.3 Å². The second-order valence-corrected chi connectivity index (χ2v) is 7.03. The van der Waals surface area contributed by atoms with E-state index in [9.17, 15) is 0 Å². The van der Waals surface area contributed by atoms with Gasteiger partial charge in [0.25, 0.3) is 0 Å². The van der Waals surface area contributed by atoms with E-state index >= 15 is 0 Å². The molecule has 136 valence electrons. The highest BCUT2D eigenvalue weighted by Gasteiger charge is 2.21. The van der Waals surface area contributed by atoms with Crippen molar-refractivity contribution in [1.29, 1.82) is 0 Å². The first-order valence-corrected chi connectivity index (χ1v) is 9.38. The molecule has 0 spiro atoms. The first-order chi connectivity index (χ1) is 12.2. The summed E-state index contributed by atoms with van der Waals surface area (Å²) in [4.78, 5) is 2.53. The molecule has 2 aromatic rings. The van der Waals surface area contributed by atoms with E-state index in [4.69, 9.17) is 4.74 Å². The van der Waals surface area contributed by atoms with Crippen LogP contribution in [0.15, 0.2) is 42.7 Å². The number of benzene rings is 1. The minimum absolute atomic E-state index is 0.364. The Morgan fingerprint density at radius 1 is 1.12 bits per heavy atom. The van der Waals surface area contributed by atoms with Crippen molar-refractivity contribution in [2.45, 2.75) is 45.4 Å². The number of unbranched alkanes of at least 4 members (excludes halogenated alkanes) is 1. The third kappa shape index (κ3) is 5.66. The van der Waals surface area contributed by atoms with Crippen LogP contribution in [0.1, 0.15) is 32.3 Å². The van der Waals surface area contributed by atoms with Crippen molar-refractivity contribution in [2.75, 3.05) is 26.2 Å². The number of hydrogen-bond donors (Lipinski definition) is 1. The molecule has 1 saturated heterocycles. The van der Waals surface area contributed by atoms with E-state index in [0.29, 0.717) is 12.2 Å². The van der Waals surface area contributed by atoms with Crippen molar-refractivity contribution in [3.8, 4) is 5.69 Å². The van der Waals surface area contributed by atoms with E-state index in [1.54, 1.807) is 0 Å². The summed E-state index contributed by atoms with van der Waals surface area (Å²) in [5, 5.41) is 7.96. The van der Waals surface area contributed by atoms with E-state index in [2.05, 4.69) is 47.5 Å². The monoisotopic (exact) mass is 342 g/mol. The second kappa shape index (κ2) is 9.13. The smallest absolute Gasteiger partial charge is 0.0678 e. The molecule has 1 aliphatic heterocycles. The third-order valence-electron chi connectivity index (χ3n) is 4.56. The summed E-state index contributed by atoms with van der Waals surface area (Å²) in [6.45, 7) is 9.56. The van der Waals surface area contributed by atoms with Crippen LogP contribution in [0.2, 0.25) is 0 Å². The molecule has 5 heteroatoms. The van der Waals surface area contributed by atoms with Crippen LogP contribution in [0.4, 0.5) is 0 Å². The van der Waals surface area contributed by atoms with Crippen LogP contribution in [0, 0.1) is 0 Å². The summed E-state index contributed by atoms with van der Waals surface area (Å²) in [5.74, 6) is 0. The highest BCUT2D eigenvalue weighted by Crippen LogP contribution is 2.11. The van der Waals surface area contributed by atoms with Gasteiger partial charge in [-0.2, -0.15) is 5.10 Å². The predicted octanol–water partition coefficient (Wildman–Crippen LogP) is 2.85. The molecule has 1 aliphatic rings. The maximum absolute atomic E-state index is 5.78. The molecule has 5 nitrogen and oxygen atoms in total. The number of hydrogen-bond acceptors (Lipinski definition) is 4. The summed E-state index contributed by atoms with van der Waals surface area (Å²) in [6.07, 6.45) is 7.20. The molecular weight excluding hydrogens is 312 g/mol. The van der Waals surface area contributed by atoms with E-state index in [1.807, 2.05) is 29.1 Å². The van der Waals surface area contributed by atoms with E-state index in [0.717, 1.165) is 31.9 Å². The average Bonchev–Trinajstić information content (AvgIpc) is 3.07. The van der Waals surface area contributed by atoms with Crippen LogP contribution in [-0.2, 0) is 11.3 Å². The van der Waals surface area contributed by atoms with Gasteiger partial charge in [0.05, 0.1) is 24.1 Å². The standard InChI is InChI=1S/C20H30N4O/c1-17-14-23(15-18(2)25-17)11-7-6-10-21-12-19-13-22-24(16-19)20-8-4-3-5-9-20/h3-5,8-9,13,16-18,21H,6-7,10-12,14-15H2,1-2H3. The van der Waals surface area contributed by atoms with Gasteiger partial charge in [0.1, 0.15) is 0 Å². The average molecular weight is 342 g/mol. The van der Waals surface area contributed by atoms with Gasteiger partial charge in [-0.25, -0.2) is 4.68 Å². The number of aromatic nitrogens is 2. The topological polar surface area (TPSA) is 42.3 Å². The highest BCUT2D eigenvalue weighted by molar-refractivity contribution is 5.30. The molecule has 0 radical (unpaired) electrons. The lowest BCUT2D eigenvalue weighted by Crippen LogP contribution is -2.45. The molecule has 3 rings (SSSR count). The summed E-state index contributed by atoms with van der Waals surface area (Å²) in [6, 6.07) is 10.2. The Morgan fingerprint density at radius 3 is 2.64 bits per heavy atom. The van der Waals surface area contributed by atoms with Gasteiger partial charge in [-0.05, 0) is 51.9 Å². The van der Waals surface area contributed by atoms with Crippen LogP contribution in [-0.4, -0.2) is 53.1 Å². The Labute approximate surface area is 151 Å². The van der Waals surface area contributed by atoms with Gasteiger partial charge in [0, 0.05) is 31.4 Å². The van der Waals surface area contributed by atoms with Crippen molar-refractivity contribution in [1.82, 2.24) is 20.0 Å². The molecule has 0 amide bonds. The fraction of sp³-hybridized carbons (Fsp3) is 0.550. The number of morpholine rings is 1. The first-order valence-electron chi connectivity index (χ1n) is 9.38. The van der Waals surface area contributed by atoms with Gasteiger partial charge in [-0.3, -0.25) is 4.90 Å². The quantitative estimate of drug-likeness (QED) is 0.749. The Bertz CT molecular complexity index is 618. The molecule has 0 saturated carbocycles. The Hall–Kier alpha value is -1.69. The predicted molar refractivity (Wildman–Crippen MR) is 101 cm³/mol. The first kappa shape index (κ1) is 18.1. The normalized spacial score (nSPS) is 21.5. The van der Waals surface area contributed by atoms with Crippen molar-refractivity contribution in [2.24, 2.45) is 0 Å². The van der Waals surface area contributed by atoms with Crippen molar-refractivity contribution < 1.29 is 4.74 Å². The highest BCUT2D eigenvalue weighted by atomic mass is 16.5. The molecule has 25 heavy (non-hydrogen) atoms. The summed E-state index contributed by atoms with van der Waals surface area (Å²) >= 11 is 0. The lowest BCUT2D eigenvalue weighted by atomic mass is 10.2. The molecule has 2 unspecified atom stereocenters. The lowest BCUT2D eigenvalue weighted by Gasteiger charge is -2.35. The number of nitrogens with zero attached hydrogens (tertiary/aromatic N) is 3. The van der Waals surface area contributed by atoms with Gasteiger partial charge in [-0.1, -0.05) is 18.2 Å². The fourth-order valence-corrected chi connectivity index (χ4v) is 3.46. The zero-order valence-corrected chi connectivity index (χ0v) is 15.4. The van der Waals surface area contributed by atoms with Crippen LogP contribution < -0.4 is 5.32 Å². The molecule has 2 atom stereocenters. The molecule has 2 heterocycles. The molecule has 1 fully saturated rings. The van der Waals surface area contributed by atoms with E-state index < -0.39 is 0 Å². The molecule has 1 aromatic heterocycles. The van der Waals surface area contributed by atoms with Crippen molar-refractivity contribution in [3.63, 3.8) is 0 Å². The summed E-state index contributed by atoms with van der Waals surface area (Å²) in [7, 11) is 0. The third-order valence-corrected chi connectivity index (χ3v) is 4.56. The minimum Gasteiger partial charge on any atom is -0.373 e. The summed E-state index contributed by atoms with van der Waals surface area (Å²) < 4.78 is 7.71. The molecule has 0 bridgehead atoms. The number of ether oxygens (including phenoxy) is 1. The Morgan fingerprint density at radius 2 is 1.88 bits per heavy atom. The number of para-hydroxylation sites is 1. The SMILES string of the molecule is CC1CN(CCCCNCc2cnn(-c3ccccc3)c2)CC(C)O1. The number of rotatable bonds is 8. The summed E-state index contributed by atoms with van der Waals surface area (Å²) in [5.41, 5.74) is 2.32. The Balaban J connectivity index is 1.31. The molecule has 1 N–H and O–H groups in total. The maximum Gasteiger partial charge on any atom is 0.0678 e. The van der Waals surface area contributed by atoms with E-state index in [-0.39, 0.29) is 0 Å².